The van der Waals surface area contributed by atoms with Gasteiger partial charge in [0.1, 0.15) is 5.69 Å². The molecule has 0 spiro atoms. The lowest BCUT2D eigenvalue weighted by atomic mass is 9.95. The Morgan fingerprint density at radius 3 is 2.07 bits per heavy atom. The normalized spacial score (nSPS) is 10.9. The van der Waals surface area contributed by atoms with Crippen LogP contribution in [0.25, 0.3) is 33.2 Å². The lowest BCUT2D eigenvalue weighted by Crippen LogP contribution is -2.16. The Morgan fingerprint density at radius 2 is 1.50 bits per heavy atom. The number of fused-ring (bicyclic) bond motifs is 1. The largest absolute Gasteiger partial charge is 0.477 e. The van der Waals surface area contributed by atoms with Gasteiger partial charge in [-0.3, -0.25) is 4.79 Å². The van der Waals surface area contributed by atoms with E-state index in [9.17, 15) is 14.7 Å². The number of carboxylic acid groups (broad SMARTS) is 1. The number of benzene rings is 3. The molecular formula is C24H19NO3. The maximum absolute atomic E-state index is 13.4. The maximum atomic E-state index is 13.4. The van der Waals surface area contributed by atoms with E-state index < -0.39 is 5.97 Å². The highest BCUT2D eigenvalue weighted by Crippen LogP contribution is 2.29. The molecule has 4 rings (SSSR count). The van der Waals surface area contributed by atoms with Crippen LogP contribution in [0.2, 0.25) is 0 Å². The van der Waals surface area contributed by atoms with Crippen molar-refractivity contribution in [2.24, 2.45) is 0 Å². The van der Waals surface area contributed by atoms with Crippen LogP contribution in [0.3, 0.4) is 0 Å². The van der Waals surface area contributed by atoms with Gasteiger partial charge in [0.25, 0.3) is 0 Å². The van der Waals surface area contributed by atoms with Crippen molar-refractivity contribution in [2.75, 3.05) is 0 Å². The molecule has 28 heavy (non-hydrogen) atoms. The summed E-state index contributed by atoms with van der Waals surface area (Å²) in [6.45, 7) is 1.99. The van der Waals surface area contributed by atoms with E-state index in [0.29, 0.717) is 22.9 Å². The molecule has 0 aliphatic carbocycles. The number of aromatic nitrogens is 1. The second kappa shape index (κ2) is 7.16. The van der Waals surface area contributed by atoms with Gasteiger partial charge in [-0.2, -0.15) is 0 Å². The van der Waals surface area contributed by atoms with Crippen molar-refractivity contribution < 1.29 is 9.90 Å². The molecule has 0 bridgehead atoms. The number of rotatable bonds is 4. The summed E-state index contributed by atoms with van der Waals surface area (Å²) in [6, 6.07) is 22.7. The fraction of sp³-hybridized carbons (Fsp3) is 0.0833. The molecule has 138 valence electrons. The van der Waals surface area contributed by atoms with Crippen molar-refractivity contribution >= 4 is 16.9 Å². The topological polar surface area (TPSA) is 70.2 Å². The second-order valence-corrected chi connectivity index (χ2v) is 6.65. The van der Waals surface area contributed by atoms with Gasteiger partial charge in [-0.25, -0.2) is 4.79 Å². The molecule has 0 unspecified atom stereocenters. The van der Waals surface area contributed by atoms with Gasteiger partial charge < -0.3 is 10.1 Å². The molecule has 4 nitrogen and oxygen atoms in total. The number of aromatic carboxylic acids is 1. The van der Waals surface area contributed by atoms with Crippen LogP contribution in [-0.4, -0.2) is 16.1 Å². The van der Waals surface area contributed by atoms with Gasteiger partial charge in [-0.15, -0.1) is 0 Å². The summed E-state index contributed by atoms with van der Waals surface area (Å²) in [4.78, 5) is 28.4. The van der Waals surface area contributed by atoms with Crippen molar-refractivity contribution in [3.8, 4) is 22.3 Å². The predicted octanol–water partition coefficient (Wildman–Crippen LogP) is 5.12. The number of pyridine rings is 1. The molecular weight excluding hydrogens is 350 g/mol. The molecule has 0 radical (unpaired) electrons. The van der Waals surface area contributed by atoms with Crippen LogP contribution in [0.5, 0.6) is 0 Å². The van der Waals surface area contributed by atoms with Crippen molar-refractivity contribution in [1.29, 1.82) is 0 Å². The Kier molecular flexibility index (Phi) is 4.53. The number of hydrogen-bond donors (Lipinski definition) is 2. The van der Waals surface area contributed by atoms with Crippen molar-refractivity contribution in [2.45, 2.75) is 13.3 Å². The van der Waals surface area contributed by atoms with Crippen molar-refractivity contribution in [1.82, 2.24) is 4.98 Å². The number of aryl methyl sites for hydroxylation is 1. The number of nitrogens with one attached hydrogen (secondary N) is 1. The first-order chi connectivity index (χ1) is 13.6. The minimum atomic E-state index is -1.15. The van der Waals surface area contributed by atoms with Gasteiger partial charge in [0.05, 0.1) is 11.1 Å². The van der Waals surface area contributed by atoms with Gasteiger partial charge in [0, 0.05) is 5.39 Å². The molecule has 1 heterocycles. The van der Waals surface area contributed by atoms with E-state index in [1.165, 1.54) is 0 Å². The molecule has 3 aromatic carbocycles. The molecule has 1 aromatic heterocycles. The summed E-state index contributed by atoms with van der Waals surface area (Å²) in [6.07, 6.45) is 0.677. The molecule has 0 saturated carbocycles. The first kappa shape index (κ1) is 17.7. The van der Waals surface area contributed by atoms with E-state index in [-0.39, 0.29) is 16.7 Å². The van der Waals surface area contributed by atoms with Crippen molar-refractivity contribution in [3.05, 3.63) is 94.3 Å². The smallest absolute Gasteiger partial charge is 0.353 e. The van der Waals surface area contributed by atoms with Gasteiger partial charge in [0.2, 0.25) is 0 Å². The molecule has 0 atom stereocenters. The minimum absolute atomic E-state index is 0.0779. The Balaban J connectivity index is 2.11. The molecule has 0 fully saturated rings. The fourth-order valence-corrected chi connectivity index (χ4v) is 3.58. The molecule has 0 saturated heterocycles. The zero-order chi connectivity index (χ0) is 19.7. The summed E-state index contributed by atoms with van der Waals surface area (Å²) in [7, 11) is 0. The summed E-state index contributed by atoms with van der Waals surface area (Å²) >= 11 is 0. The second-order valence-electron chi connectivity index (χ2n) is 6.65. The number of aromatic amines is 1. The zero-order valence-corrected chi connectivity index (χ0v) is 15.4. The van der Waals surface area contributed by atoms with Crippen molar-refractivity contribution in [3.63, 3.8) is 0 Å². The quantitative estimate of drug-likeness (QED) is 0.524. The van der Waals surface area contributed by atoms with Gasteiger partial charge in [-0.05, 0) is 40.8 Å². The first-order valence-electron chi connectivity index (χ1n) is 9.17. The zero-order valence-electron chi connectivity index (χ0n) is 15.4. The highest BCUT2D eigenvalue weighted by Gasteiger charge is 2.20. The summed E-state index contributed by atoms with van der Waals surface area (Å²) < 4.78 is 0. The number of carbonyl (C=O) groups is 1. The van der Waals surface area contributed by atoms with Gasteiger partial charge in [-0.1, -0.05) is 67.6 Å². The molecule has 4 heteroatoms. The number of hydrogen-bond acceptors (Lipinski definition) is 2. The first-order valence-corrected chi connectivity index (χ1v) is 9.17. The molecule has 0 aliphatic heterocycles. The van der Waals surface area contributed by atoms with Gasteiger partial charge in [0.15, 0.2) is 5.43 Å². The lowest BCUT2D eigenvalue weighted by Gasteiger charge is -2.13. The number of carboxylic acids is 1. The van der Waals surface area contributed by atoms with Crippen LogP contribution in [-0.2, 0) is 6.42 Å². The van der Waals surface area contributed by atoms with E-state index >= 15 is 0 Å². The Morgan fingerprint density at radius 1 is 0.893 bits per heavy atom. The molecule has 0 amide bonds. The lowest BCUT2D eigenvalue weighted by molar-refractivity contribution is 0.0691. The predicted molar refractivity (Wildman–Crippen MR) is 112 cm³/mol. The maximum Gasteiger partial charge on any atom is 0.353 e. The molecule has 2 N–H and O–H groups in total. The highest BCUT2D eigenvalue weighted by molar-refractivity contribution is 6.00. The standard InChI is InChI=1S/C24H19NO3/c1-2-15-13-18(16-9-5-3-6-10-16)14-19-21(15)25-22(24(27)28)20(23(19)26)17-11-7-4-8-12-17/h3-14H,2H2,1H3,(H,25,26)(H,27,28). The third kappa shape index (κ3) is 2.99. The Bertz CT molecular complexity index is 1230. The third-order valence-corrected chi connectivity index (χ3v) is 4.96. The minimum Gasteiger partial charge on any atom is -0.477 e. The third-order valence-electron chi connectivity index (χ3n) is 4.96. The van der Waals surface area contributed by atoms with E-state index in [1.807, 2.05) is 55.5 Å². The number of H-pyrrole nitrogens is 1. The van der Waals surface area contributed by atoms with Crippen LogP contribution < -0.4 is 5.43 Å². The average Bonchev–Trinajstić information content (AvgIpc) is 2.74. The van der Waals surface area contributed by atoms with E-state index in [1.54, 1.807) is 24.3 Å². The monoisotopic (exact) mass is 369 g/mol. The van der Waals surface area contributed by atoms with Gasteiger partial charge >= 0.3 is 5.97 Å². The van der Waals surface area contributed by atoms with Crippen LogP contribution in [0.1, 0.15) is 23.0 Å². The SMILES string of the molecule is CCc1cc(-c2ccccc2)cc2c(=O)c(-c3ccccc3)c(C(=O)O)[nH]c12. The molecule has 0 aliphatic rings. The van der Waals surface area contributed by atoms with E-state index in [4.69, 9.17) is 0 Å². The van der Waals surface area contributed by atoms with E-state index in [0.717, 1.165) is 16.7 Å². The van der Waals surface area contributed by atoms with Crippen LogP contribution in [0.15, 0.2) is 77.6 Å². The summed E-state index contributed by atoms with van der Waals surface area (Å²) in [5, 5.41) is 10.2. The Labute approximate surface area is 162 Å². The average molecular weight is 369 g/mol. The van der Waals surface area contributed by atoms with E-state index in [2.05, 4.69) is 4.98 Å². The summed E-state index contributed by atoms with van der Waals surface area (Å²) in [5.41, 5.74) is 3.88. The fourth-order valence-electron chi connectivity index (χ4n) is 3.58. The van der Waals surface area contributed by atoms with Crippen LogP contribution in [0, 0.1) is 0 Å². The van der Waals surface area contributed by atoms with Crippen LogP contribution >= 0.6 is 0 Å². The Hall–Kier alpha value is -3.66. The molecule has 4 aromatic rings. The summed E-state index contributed by atoms with van der Waals surface area (Å²) in [5.74, 6) is -1.15. The highest BCUT2D eigenvalue weighted by atomic mass is 16.4. The van der Waals surface area contributed by atoms with Crippen LogP contribution in [0.4, 0.5) is 0 Å².